The van der Waals surface area contributed by atoms with E-state index < -0.39 is 0 Å². The molecule has 2 aromatic heterocycles. The number of benzene rings is 1. The van der Waals surface area contributed by atoms with Crippen LogP contribution in [0.15, 0.2) is 53.1 Å². The highest BCUT2D eigenvalue weighted by Crippen LogP contribution is 2.23. The average Bonchev–Trinajstić information content (AvgIpc) is 3.37. The molecule has 0 bridgehead atoms. The van der Waals surface area contributed by atoms with Gasteiger partial charge in [0.15, 0.2) is 5.96 Å². The predicted molar refractivity (Wildman–Crippen MR) is 136 cm³/mol. The van der Waals surface area contributed by atoms with E-state index in [1.54, 1.807) is 24.6 Å². The van der Waals surface area contributed by atoms with Gasteiger partial charge in [-0.05, 0) is 17.2 Å². The second kappa shape index (κ2) is 11.5. The quantitative estimate of drug-likeness (QED) is 0.269. The maximum atomic E-state index is 4.75. The van der Waals surface area contributed by atoms with Gasteiger partial charge in [0.1, 0.15) is 0 Å². The Hall–Kier alpha value is -1.94. The number of aliphatic imine (C=N–C) groups is 1. The molecule has 0 aliphatic carbocycles. The first-order chi connectivity index (χ1) is 14.0. The van der Waals surface area contributed by atoms with Crippen LogP contribution < -0.4 is 10.6 Å². The fraction of sp³-hybridized carbons (Fsp3) is 0.409. The second-order valence-corrected chi connectivity index (χ2v) is 8.89. The third kappa shape index (κ3) is 7.09. The Kier molecular flexibility index (Phi) is 9.29. The summed E-state index contributed by atoms with van der Waals surface area (Å²) in [5.41, 5.74) is 3.75. The molecule has 2 N–H and O–H groups in total. The molecule has 0 saturated heterocycles. The maximum absolute atomic E-state index is 4.75. The van der Waals surface area contributed by atoms with Gasteiger partial charge in [-0.1, -0.05) is 45.0 Å². The summed E-state index contributed by atoms with van der Waals surface area (Å²) >= 11 is 1.73. The SMILES string of the molecule is CN=C(NCCc1nc(C(C)(C)C)cs1)NCc1ccccc1Cn1cccn1.I. The Bertz CT molecular complexity index is 927. The molecule has 3 rings (SSSR count). The number of rotatable bonds is 7. The van der Waals surface area contributed by atoms with Crippen LogP contribution in [0.3, 0.4) is 0 Å². The molecule has 3 aromatic rings. The van der Waals surface area contributed by atoms with Gasteiger partial charge in [0.25, 0.3) is 0 Å². The van der Waals surface area contributed by atoms with E-state index in [0.29, 0.717) is 6.54 Å². The first-order valence-electron chi connectivity index (χ1n) is 9.89. The number of thiazole rings is 1. The maximum Gasteiger partial charge on any atom is 0.191 e. The second-order valence-electron chi connectivity index (χ2n) is 7.95. The Balaban J connectivity index is 0.00000320. The van der Waals surface area contributed by atoms with Crippen LogP contribution in [0.1, 0.15) is 42.6 Å². The standard InChI is InChI=1S/C22H30N6S.HI/c1-22(2,3)19-16-29-20(27-19)10-12-24-21(23-4)25-14-17-8-5-6-9-18(17)15-28-13-7-11-26-28;/h5-9,11,13,16H,10,12,14-15H2,1-4H3,(H2,23,24,25);1H. The van der Waals surface area contributed by atoms with Crippen LogP contribution in [-0.2, 0) is 24.9 Å². The van der Waals surface area contributed by atoms with E-state index in [0.717, 1.165) is 36.2 Å². The zero-order valence-corrected chi connectivity index (χ0v) is 21.2. The summed E-state index contributed by atoms with van der Waals surface area (Å²) in [5, 5.41) is 14.4. The van der Waals surface area contributed by atoms with E-state index in [1.807, 2.05) is 16.9 Å². The molecular weight excluding hydrogens is 507 g/mol. The van der Waals surface area contributed by atoms with Crippen molar-refractivity contribution in [2.75, 3.05) is 13.6 Å². The molecule has 1 aromatic carbocycles. The monoisotopic (exact) mass is 538 g/mol. The number of guanidine groups is 1. The summed E-state index contributed by atoms with van der Waals surface area (Å²) in [6, 6.07) is 10.4. The zero-order valence-electron chi connectivity index (χ0n) is 18.1. The largest absolute Gasteiger partial charge is 0.356 e. The van der Waals surface area contributed by atoms with E-state index in [-0.39, 0.29) is 29.4 Å². The summed E-state index contributed by atoms with van der Waals surface area (Å²) in [5.74, 6) is 0.798. The molecule has 0 saturated carbocycles. The topological polar surface area (TPSA) is 67.1 Å². The third-order valence-electron chi connectivity index (χ3n) is 4.63. The summed E-state index contributed by atoms with van der Waals surface area (Å²) in [6.07, 6.45) is 4.67. The van der Waals surface area contributed by atoms with Crippen molar-refractivity contribution in [3.05, 3.63) is 69.9 Å². The first-order valence-corrected chi connectivity index (χ1v) is 10.8. The van der Waals surface area contributed by atoms with E-state index in [1.165, 1.54) is 11.1 Å². The third-order valence-corrected chi connectivity index (χ3v) is 5.54. The molecule has 0 atom stereocenters. The summed E-state index contributed by atoms with van der Waals surface area (Å²) in [7, 11) is 1.80. The minimum Gasteiger partial charge on any atom is -0.356 e. The lowest BCUT2D eigenvalue weighted by atomic mass is 9.93. The van der Waals surface area contributed by atoms with Crippen molar-refractivity contribution in [2.24, 2.45) is 4.99 Å². The molecule has 2 heterocycles. The highest BCUT2D eigenvalue weighted by Gasteiger charge is 2.17. The fourth-order valence-electron chi connectivity index (χ4n) is 2.91. The van der Waals surface area contributed by atoms with Gasteiger partial charge in [-0.15, -0.1) is 35.3 Å². The lowest BCUT2D eigenvalue weighted by molar-refractivity contribution is 0.570. The van der Waals surface area contributed by atoms with Crippen LogP contribution in [-0.4, -0.2) is 34.3 Å². The molecule has 162 valence electrons. The number of nitrogens with one attached hydrogen (secondary N) is 2. The van der Waals surface area contributed by atoms with Gasteiger partial charge in [0.05, 0.1) is 17.2 Å². The van der Waals surface area contributed by atoms with E-state index >= 15 is 0 Å². The van der Waals surface area contributed by atoms with Gasteiger partial charge in [-0.2, -0.15) is 5.10 Å². The lowest BCUT2D eigenvalue weighted by Crippen LogP contribution is -2.38. The highest BCUT2D eigenvalue weighted by atomic mass is 127. The van der Waals surface area contributed by atoms with Crippen LogP contribution in [0.5, 0.6) is 0 Å². The Labute approximate surface area is 200 Å². The minimum absolute atomic E-state index is 0. The molecule has 0 radical (unpaired) electrons. The Morgan fingerprint density at radius 3 is 2.53 bits per heavy atom. The van der Waals surface area contributed by atoms with Gasteiger partial charge in [0.2, 0.25) is 0 Å². The van der Waals surface area contributed by atoms with Crippen molar-refractivity contribution in [1.29, 1.82) is 0 Å². The van der Waals surface area contributed by atoms with E-state index in [4.69, 9.17) is 4.98 Å². The van der Waals surface area contributed by atoms with Crippen molar-refractivity contribution >= 4 is 41.3 Å². The van der Waals surface area contributed by atoms with Crippen LogP contribution in [0.2, 0.25) is 0 Å². The van der Waals surface area contributed by atoms with Crippen molar-refractivity contribution < 1.29 is 0 Å². The summed E-state index contributed by atoms with van der Waals surface area (Å²) in [4.78, 5) is 9.10. The number of hydrogen-bond donors (Lipinski definition) is 2. The van der Waals surface area contributed by atoms with Crippen molar-refractivity contribution in [3.8, 4) is 0 Å². The van der Waals surface area contributed by atoms with Crippen LogP contribution in [0, 0.1) is 0 Å². The fourth-order valence-corrected chi connectivity index (χ4v) is 3.94. The van der Waals surface area contributed by atoms with Crippen molar-refractivity contribution in [2.45, 2.75) is 45.7 Å². The van der Waals surface area contributed by atoms with E-state index in [9.17, 15) is 0 Å². The van der Waals surface area contributed by atoms with E-state index in [2.05, 4.69) is 71.1 Å². The number of nitrogens with zero attached hydrogens (tertiary/aromatic N) is 4. The van der Waals surface area contributed by atoms with Gasteiger partial charge >= 0.3 is 0 Å². The zero-order chi connectivity index (χ0) is 20.7. The summed E-state index contributed by atoms with van der Waals surface area (Å²) < 4.78 is 1.94. The van der Waals surface area contributed by atoms with Crippen molar-refractivity contribution in [3.63, 3.8) is 0 Å². The number of aromatic nitrogens is 3. The molecule has 0 aliphatic heterocycles. The minimum atomic E-state index is 0. The number of halogens is 1. The Morgan fingerprint density at radius 1 is 1.13 bits per heavy atom. The van der Waals surface area contributed by atoms with Gasteiger partial charge in [-0.3, -0.25) is 9.67 Å². The van der Waals surface area contributed by atoms with Crippen LogP contribution >= 0.6 is 35.3 Å². The molecule has 8 heteroatoms. The average molecular weight is 539 g/mol. The van der Waals surface area contributed by atoms with Gasteiger partial charge < -0.3 is 10.6 Å². The van der Waals surface area contributed by atoms with Crippen molar-refractivity contribution in [1.82, 2.24) is 25.4 Å². The smallest absolute Gasteiger partial charge is 0.191 e. The molecule has 0 spiro atoms. The van der Waals surface area contributed by atoms with Gasteiger partial charge in [0, 0.05) is 49.7 Å². The van der Waals surface area contributed by atoms with Gasteiger partial charge in [-0.25, -0.2) is 4.98 Å². The van der Waals surface area contributed by atoms with Crippen LogP contribution in [0.4, 0.5) is 0 Å². The molecular formula is C22H31IN6S. The molecule has 6 nitrogen and oxygen atoms in total. The molecule has 30 heavy (non-hydrogen) atoms. The predicted octanol–water partition coefficient (Wildman–Crippen LogP) is 4.21. The first kappa shape index (κ1) is 24.3. The number of hydrogen-bond acceptors (Lipinski definition) is 4. The molecule has 0 aliphatic rings. The molecule has 0 fully saturated rings. The molecule has 0 unspecified atom stereocenters. The molecule has 0 amide bonds. The van der Waals surface area contributed by atoms with Crippen LogP contribution in [0.25, 0.3) is 0 Å². The Morgan fingerprint density at radius 2 is 1.90 bits per heavy atom. The normalized spacial score (nSPS) is 11.8. The lowest BCUT2D eigenvalue weighted by Gasteiger charge is -2.15. The summed E-state index contributed by atoms with van der Waals surface area (Å²) in [6.45, 7) is 8.85. The highest BCUT2D eigenvalue weighted by molar-refractivity contribution is 14.0.